The Kier molecular flexibility index (Phi) is 6.82. The molecule has 1 aromatic carbocycles. The van der Waals surface area contributed by atoms with E-state index in [2.05, 4.69) is 26.5 Å². The van der Waals surface area contributed by atoms with E-state index in [1.807, 2.05) is 39.1 Å². The third-order valence-corrected chi connectivity index (χ3v) is 9.62. The molecule has 4 fully saturated rings. The van der Waals surface area contributed by atoms with E-state index in [-0.39, 0.29) is 22.8 Å². The van der Waals surface area contributed by atoms with Gasteiger partial charge in [0.05, 0.1) is 10.9 Å². The molecule has 2 aromatic heterocycles. The molecule has 216 valence electrons. The molecular weight excluding hydrogens is 517 g/mol. The van der Waals surface area contributed by atoms with Crippen LogP contribution in [0, 0.1) is 12.7 Å². The van der Waals surface area contributed by atoms with Crippen LogP contribution in [0.4, 0.5) is 15.9 Å². The summed E-state index contributed by atoms with van der Waals surface area (Å²) in [6.45, 7) is 8.43. The third-order valence-electron chi connectivity index (χ3n) is 9.62. The van der Waals surface area contributed by atoms with Crippen LogP contribution in [-0.4, -0.2) is 77.3 Å². The fourth-order valence-electron chi connectivity index (χ4n) is 7.69. The van der Waals surface area contributed by atoms with E-state index in [0.717, 1.165) is 80.1 Å². The highest BCUT2D eigenvalue weighted by Crippen LogP contribution is 2.40. The van der Waals surface area contributed by atoms with Crippen LogP contribution in [0.25, 0.3) is 28.2 Å². The summed E-state index contributed by atoms with van der Waals surface area (Å²) in [5.41, 5.74) is 4.21. The van der Waals surface area contributed by atoms with Crippen molar-refractivity contribution in [3.8, 4) is 17.3 Å². The number of anilines is 2. The van der Waals surface area contributed by atoms with Gasteiger partial charge >= 0.3 is 6.01 Å². The molecule has 2 N–H and O–H groups in total. The third kappa shape index (κ3) is 4.63. The average Bonchev–Trinajstić information content (AvgIpc) is 3.66. The van der Waals surface area contributed by atoms with Crippen molar-refractivity contribution in [2.24, 2.45) is 0 Å². The minimum absolute atomic E-state index is 0.0566. The maximum Gasteiger partial charge on any atom is 0.319 e. The SMILES string of the molecule is C/C=C\c1c(NC)cc(C)cc1-c1ncc2c(N3CC4CCC(C3)N4)nc(OCC34CCCN3CCC4)nc2c1F. The lowest BCUT2D eigenvalue weighted by Gasteiger charge is -2.34. The topological polar surface area (TPSA) is 78.4 Å². The van der Waals surface area contributed by atoms with Crippen LogP contribution in [0.5, 0.6) is 6.01 Å². The van der Waals surface area contributed by atoms with Crippen molar-refractivity contribution >= 4 is 28.5 Å². The van der Waals surface area contributed by atoms with Crippen molar-refractivity contribution in [1.29, 1.82) is 0 Å². The lowest BCUT2D eigenvalue weighted by molar-refractivity contribution is 0.108. The van der Waals surface area contributed by atoms with E-state index in [0.29, 0.717) is 24.1 Å². The number of allylic oxidation sites excluding steroid dienone is 1. The minimum Gasteiger partial charge on any atom is -0.461 e. The van der Waals surface area contributed by atoms with E-state index in [1.165, 1.54) is 12.8 Å². The first-order chi connectivity index (χ1) is 20.0. The number of rotatable bonds is 7. The van der Waals surface area contributed by atoms with Gasteiger partial charge in [0.25, 0.3) is 0 Å². The first-order valence-corrected chi connectivity index (χ1v) is 15.2. The quantitative estimate of drug-likeness (QED) is 0.413. The summed E-state index contributed by atoms with van der Waals surface area (Å²) in [5.74, 6) is 0.288. The van der Waals surface area contributed by atoms with Crippen molar-refractivity contribution in [3.05, 3.63) is 41.3 Å². The summed E-state index contributed by atoms with van der Waals surface area (Å²) >= 11 is 0. The van der Waals surface area contributed by atoms with E-state index in [4.69, 9.17) is 19.7 Å². The van der Waals surface area contributed by atoms with E-state index >= 15 is 4.39 Å². The standard InChI is InChI=1S/C32H40FN7O/c1-4-7-23-24(14-20(2)15-26(23)34-3)28-27(33)29-25(16-35-28)30(39-17-21-8-9-22(18-39)36-21)38-31(37-29)41-19-32-10-5-12-40(32)13-6-11-32/h4,7,14-16,21-22,34,36H,5-6,8-13,17-19H2,1-3H3/b7-4-. The second-order valence-electron chi connectivity index (χ2n) is 12.3. The van der Waals surface area contributed by atoms with Gasteiger partial charge in [-0.1, -0.05) is 12.2 Å². The molecule has 8 nitrogen and oxygen atoms in total. The zero-order valence-corrected chi connectivity index (χ0v) is 24.3. The number of nitrogens with one attached hydrogen (secondary N) is 2. The molecule has 2 atom stereocenters. The molecule has 6 heterocycles. The first kappa shape index (κ1) is 26.6. The molecule has 4 aliphatic rings. The highest BCUT2D eigenvalue weighted by atomic mass is 19.1. The number of hydrogen-bond acceptors (Lipinski definition) is 8. The fraction of sp³-hybridized carbons (Fsp3) is 0.531. The fourth-order valence-corrected chi connectivity index (χ4v) is 7.69. The molecule has 0 saturated carbocycles. The number of halogens is 1. The number of piperazine rings is 1. The zero-order valence-electron chi connectivity index (χ0n) is 24.3. The summed E-state index contributed by atoms with van der Waals surface area (Å²) in [4.78, 5) is 19.2. The van der Waals surface area contributed by atoms with Crippen molar-refractivity contribution in [3.63, 3.8) is 0 Å². The Morgan fingerprint density at radius 2 is 1.90 bits per heavy atom. The molecule has 7 rings (SSSR count). The summed E-state index contributed by atoms with van der Waals surface area (Å²) < 4.78 is 23.1. The number of aromatic nitrogens is 3. The van der Waals surface area contributed by atoms with Crippen LogP contribution in [0.2, 0.25) is 0 Å². The maximum atomic E-state index is 16.7. The minimum atomic E-state index is -0.436. The van der Waals surface area contributed by atoms with Crippen molar-refractivity contribution in [2.75, 3.05) is 50.1 Å². The van der Waals surface area contributed by atoms with Gasteiger partial charge in [-0.25, -0.2) is 4.39 Å². The van der Waals surface area contributed by atoms with Crippen molar-refractivity contribution in [1.82, 2.24) is 25.2 Å². The van der Waals surface area contributed by atoms with Crippen LogP contribution in [0.1, 0.15) is 56.6 Å². The Labute approximate surface area is 241 Å². The number of hydrogen-bond donors (Lipinski definition) is 2. The number of benzene rings is 1. The Balaban J connectivity index is 1.35. The largest absolute Gasteiger partial charge is 0.461 e. The summed E-state index contributed by atoms with van der Waals surface area (Å²) in [5, 5.41) is 7.59. The highest BCUT2D eigenvalue weighted by Gasteiger charge is 2.45. The second-order valence-corrected chi connectivity index (χ2v) is 12.3. The lowest BCUT2D eigenvalue weighted by Crippen LogP contribution is -2.51. The van der Waals surface area contributed by atoms with Gasteiger partial charge in [0.2, 0.25) is 0 Å². The molecule has 4 saturated heterocycles. The van der Waals surface area contributed by atoms with Gasteiger partial charge in [-0.2, -0.15) is 9.97 Å². The number of aryl methyl sites for hydroxylation is 1. The number of pyridine rings is 1. The van der Waals surface area contributed by atoms with Crippen LogP contribution >= 0.6 is 0 Å². The Bertz CT molecular complexity index is 1490. The average molecular weight is 558 g/mol. The molecule has 2 bridgehead atoms. The predicted octanol–water partition coefficient (Wildman–Crippen LogP) is 5.16. The van der Waals surface area contributed by atoms with Gasteiger partial charge < -0.3 is 20.3 Å². The molecule has 0 radical (unpaired) electrons. The Morgan fingerprint density at radius 3 is 2.61 bits per heavy atom. The molecule has 41 heavy (non-hydrogen) atoms. The van der Waals surface area contributed by atoms with Gasteiger partial charge in [0.15, 0.2) is 5.82 Å². The molecule has 0 aliphatic carbocycles. The number of fused-ring (bicyclic) bond motifs is 4. The Hall–Kier alpha value is -3.30. The first-order valence-electron chi connectivity index (χ1n) is 15.2. The molecule has 3 aromatic rings. The van der Waals surface area contributed by atoms with Crippen LogP contribution in [0.3, 0.4) is 0 Å². The maximum absolute atomic E-state index is 16.7. The van der Waals surface area contributed by atoms with E-state index in [1.54, 1.807) is 6.20 Å². The van der Waals surface area contributed by atoms with E-state index < -0.39 is 5.82 Å². The van der Waals surface area contributed by atoms with Crippen LogP contribution in [-0.2, 0) is 0 Å². The van der Waals surface area contributed by atoms with Gasteiger partial charge in [-0.3, -0.25) is 9.88 Å². The molecule has 4 aliphatic heterocycles. The predicted molar refractivity (Wildman–Crippen MR) is 162 cm³/mol. The van der Waals surface area contributed by atoms with Crippen LogP contribution in [0.15, 0.2) is 24.4 Å². The second kappa shape index (κ2) is 10.5. The molecule has 2 unspecified atom stereocenters. The summed E-state index contributed by atoms with van der Waals surface area (Å²) in [6.07, 6.45) is 12.7. The zero-order chi connectivity index (χ0) is 28.1. The molecular formula is C32H40FN7O. The van der Waals surface area contributed by atoms with Crippen LogP contribution < -0.4 is 20.3 Å². The van der Waals surface area contributed by atoms with Gasteiger partial charge in [-0.15, -0.1) is 0 Å². The van der Waals surface area contributed by atoms with E-state index in [9.17, 15) is 0 Å². The van der Waals surface area contributed by atoms with Gasteiger partial charge in [-0.05, 0) is 83.2 Å². The summed E-state index contributed by atoms with van der Waals surface area (Å²) in [6, 6.07) is 5.16. The summed E-state index contributed by atoms with van der Waals surface area (Å²) in [7, 11) is 1.88. The normalized spacial score (nSPS) is 23.6. The molecule has 0 amide bonds. The monoisotopic (exact) mass is 557 g/mol. The Morgan fingerprint density at radius 1 is 1.15 bits per heavy atom. The smallest absolute Gasteiger partial charge is 0.319 e. The van der Waals surface area contributed by atoms with Gasteiger partial charge in [0, 0.05) is 55.2 Å². The van der Waals surface area contributed by atoms with Gasteiger partial charge in [0.1, 0.15) is 23.6 Å². The number of nitrogens with zero attached hydrogens (tertiary/aromatic N) is 5. The van der Waals surface area contributed by atoms with Crippen molar-refractivity contribution < 1.29 is 9.13 Å². The molecule has 9 heteroatoms. The van der Waals surface area contributed by atoms with Crippen molar-refractivity contribution in [2.45, 2.75) is 70.0 Å². The number of ether oxygens (including phenoxy) is 1. The highest BCUT2D eigenvalue weighted by molar-refractivity contribution is 5.93. The lowest BCUT2D eigenvalue weighted by atomic mass is 9.95. The molecule has 0 spiro atoms.